The van der Waals surface area contributed by atoms with Crippen LogP contribution in [-0.2, 0) is 13.0 Å². The molecule has 0 saturated carbocycles. The third-order valence-corrected chi connectivity index (χ3v) is 3.00. The van der Waals surface area contributed by atoms with E-state index in [1.807, 2.05) is 13.8 Å². The molecule has 8 nitrogen and oxygen atoms in total. The van der Waals surface area contributed by atoms with Gasteiger partial charge in [-0.15, -0.1) is 0 Å². The molecule has 2 aromatic heterocycles. The van der Waals surface area contributed by atoms with E-state index in [1.54, 1.807) is 24.1 Å². The standard InChI is InChI=1S/C13H19N7O/c1-4-10-5-9(6-11(16-10)17-14)13(21)20(3)7-12-15-8(2)18-19-12/h5-6H,4,7,14H2,1-3H3,(H,16,17)(H,15,18,19). The van der Waals surface area contributed by atoms with Gasteiger partial charge in [0.2, 0.25) is 0 Å². The second-order valence-electron chi connectivity index (χ2n) is 4.73. The van der Waals surface area contributed by atoms with Crippen LogP contribution in [0.15, 0.2) is 12.1 Å². The Morgan fingerprint density at radius 2 is 2.19 bits per heavy atom. The first-order valence-electron chi connectivity index (χ1n) is 6.64. The van der Waals surface area contributed by atoms with Gasteiger partial charge in [0.15, 0.2) is 5.82 Å². The summed E-state index contributed by atoms with van der Waals surface area (Å²) in [6.45, 7) is 4.11. The minimum Gasteiger partial charge on any atom is -0.334 e. The Bertz CT molecular complexity index is 615. The number of pyridine rings is 1. The van der Waals surface area contributed by atoms with Gasteiger partial charge in [-0.2, -0.15) is 5.10 Å². The Balaban J connectivity index is 2.18. The predicted molar refractivity (Wildman–Crippen MR) is 78.3 cm³/mol. The van der Waals surface area contributed by atoms with Crippen LogP contribution in [0.1, 0.15) is 34.6 Å². The topological polar surface area (TPSA) is 113 Å². The summed E-state index contributed by atoms with van der Waals surface area (Å²) in [6.07, 6.45) is 0.722. The number of H-pyrrole nitrogens is 1. The maximum atomic E-state index is 12.5. The van der Waals surface area contributed by atoms with Crippen molar-refractivity contribution < 1.29 is 4.79 Å². The van der Waals surface area contributed by atoms with Crippen LogP contribution in [-0.4, -0.2) is 38.0 Å². The van der Waals surface area contributed by atoms with Crippen LogP contribution < -0.4 is 11.3 Å². The third-order valence-electron chi connectivity index (χ3n) is 3.00. The van der Waals surface area contributed by atoms with Gasteiger partial charge in [-0.05, 0) is 25.5 Å². The molecular weight excluding hydrogens is 270 g/mol. The van der Waals surface area contributed by atoms with Crippen LogP contribution in [0.2, 0.25) is 0 Å². The fourth-order valence-corrected chi connectivity index (χ4v) is 1.93. The Hall–Kier alpha value is -2.48. The normalized spacial score (nSPS) is 10.5. The minimum atomic E-state index is -0.133. The molecule has 0 atom stereocenters. The zero-order valence-electron chi connectivity index (χ0n) is 12.3. The first-order valence-corrected chi connectivity index (χ1v) is 6.64. The van der Waals surface area contributed by atoms with Crippen molar-refractivity contribution in [3.8, 4) is 0 Å². The molecule has 0 aliphatic carbocycles. The van der Waals surface area contributed by atoms with Gasteiger partial charge in [0.25, 0.3) is 5.91 Å². The molecule has 2 aromatic rings. The predicted octanol–water partition coefficient (Wildman–Crippen LogP) is 0.628. The molecular formula is C13H19N7O. The molecule has 0 saturated heterocycles. The fraction of sp³-hybridized carbons (Fsp3) is 0.385. The van der Waals surface area contributed by atoms with Crippen LogP contribution in [0, 0.1) is 6.92 Å². The zero-order chi connectivity index (χ0) is 15.4. The molecule has 0 unspecified atom stereocenters. The summed E-state index contributed by atoms with van der Waals surface area (Å²) >= 11 is 0. The van der Waals surface area contributed by atoms with Crippen molar-refractivity contribution in [1.29, 1.82) is 0 Å². The van der Waals surface area contributed by atoms with Gasteiger partial charge < -0.3 is 10.3 Å². The van der Waals surface area contributed by atoms with Crippen LogP contribution in [0.25, 0.3) is 0 Å². The summed E-state index contributed by atoms with van der Waals surface area (Å²) in [5.74, 6) is 7.02. The van der Waals surface area contributed by atoms with Crippen molar-refractivity contribution in [2.45, 2.75) is 26.8 Å². The Morgan fingerprint density at radius 3 is 2.76 bits per heavy atom. The number of anilines is 1. The van der Waals surface area contributed by atoms with Gasteiger partial charge in [-0.3, -0.25) is 9.89 Å². The fourth-order valence-electron chi connectivity index (χ4n) is 1.93. The summed E-state index contributed by atoms with van der Waals surface area (Å²) in [7, 11) is 1.70. The molecule has 2 rings (SSSR count). The number of rotatable bonds is 5. The average Bonchev–Trinajstić information content (AvgIpc) is 2.90. The van der Waals surface area contributed by atoms with E-state index in [1.165, 1.54) is 0 Å². The molecule has 0 spiro atoms. The SMILES string of the molecule is CCc1cc(C(=O)N(C)Cc2n[nH]c(C)n2)cc(NN)n1. The number of hydrogen-bond donors (Lipinski definition) is 3. The molecule has 21 heavy (non-hydrogen) atoms. The number of amides is 1. The highest BCUT2D eigenvalue weighted by molar-refractivity contribution is 5.94. The molecule has 112 valence electrons. The van der Waals surface area contributed by atoms with Crippen molar-refractivity contribution in [3.63, 3.8) is 0 Å². The van der Waals surface area contributed by atoms with Gasteiger partial charge in [0, 0.05) is 18.3 Å². The second-order valence-corrected chi connectivity index (χ2v) is 4.73. The number of nitrogens with two attached hydrogens (primary N) is 1. The number of nitrogens with one attached hydrogen (secondary N) is 2. The maximum absolute atomic E-state index is 12.5. The van der Waals surface area contributed by atoms with Gasteiger partial charge in [-0.1, -0.05) is 6.92 Å². The van der Waals surface area contributed by atoms with E-state index < -0.39 is 0 Å². The molecule has 2 heterocycles. The van der Waals surface area contributed by atoms with E-state index in [-0.39, 0.29) is 5.91 Å². The van der Waals surface area contributed by atoms with E-state index in [0.717, 1.165) is 17.9 Å². The van der Waals surface area contributed by atoms with Gasteiger partial charge in [0.05, 0.1) is 6.54 Å². The highest BCUT2D eigenvalue weighted by Crippen LogP contribution is 2.13. The van der Waals surface area contributed by atoms with Crippen molar-refractivity contribution in [2.24, 2.45) is 5.84 Å². The van der Waals surface area contributed by atoms with E-state index in [0.29, 0.717) is 23.8 Å². The van der Waals surface area contributed by atoms with E-state index in [4.69, 9.17) is 5.84 Å². The maximum Gasteiger partial charge on any atom is 0.254 e. The molecule has 1 amide bonds. The molecule has 0 fully saturated rings. The highest BCUT2D eigenvalue weighted by atomic mass is 16.2. The van der Waals surface area contributed by atoms with Crippen molar-refractivity contribution in [2.75, 3.05) is 12.5 Å². The van der Waals surface area contributed by atoms with Crippen LogP contribution in [0.4, 0.5) is 5.82 Å². The number of hydrogen-bond acceptors (Lipinski definition) is 6. The molecule has 4 N–H and O–H groups in total. The van der Waals surface area contributed by atoms with Crippen molar-refractivity contribution in [3.05, 3.63) is 35.0 Å². The summed E-state index contributed by atoms with van der Waals surface area (Å²) in [6, 6.07) is 3.39. The molecule has 0 aliphatic heterocycles. The first-order chi connectivity index (χ1) is 10.0. The number of hydrazine groups is 1. The van der Waals surface area contributed by atoms with Gasteiger partial charge in [0.1, 0.15) is 11.6 Å². The highest BCUT2D eigenvalue weighted by Gasteiger charge is 2.16. The van der Waals surface area contributed by atoms with Crippen LogP contribution >= 0.6 is 0 Å². The van der Waals surface area contributed by atoms with Crippen LogP contribution in [0.5, 0.6) is 0 Å². The molecule has 0 radical (unpaired) electrons. The van der Waals surface area contributed by atoms with E-state index in [9.17, 15) is 4.79 Å². The third kappa shape index (κ3) is 3.54. The number of nitrogens with zero attached hydrogens (tertiary/aromatic N) is 4. The number of nitrogen functional groups attached to an aromatic ring is 1. The minimum absolute atomic E-state index is 0.133. The van der Waals surface area contributed by atoms with E-state index >= 15 is 0 Å². The Kier molecular flexibility index (Phi) is 4.49. The van der Waals surface area contributed by atoms with Crippen molar-refractivity contribution >= 4 is 11.7 Å². The number of aromatic nitrogens is 4. The molecule has 0 aromatic carbocycles. The monoisotopic (exact) mass is 289 g/mol. The Labute approximate surface area is 122 Å². The quantitative estimate of drug-likeness (QED) is 0.549. The number of aromatic amines is 1. The summed E-state index contributed by atoms with van der Waals surface area (Å²) < 4.78 is 0. The summed E-state index contributed by atoms with van der Waals surface area (Å²) in [5, 5.41) is 6.78. The lowest BCUT2D eigenvalue weighted by Gasteiger charge is -2.16. The molecule has 0 bridgehead atoms. The summed E-state index contributed by atoms with van der Waals surface area (Å²) in [4.78, 5) is 22.5. The zero-order valence-corrected chi connectivity index (χ0v) is 12.3. The first kappa shape index (κ1) is 14.9. The summed E-state index contributed by atoms with van der Waals surface area (Å²) in [5.41, 5.74) is 3.81. The molecule has 8 heteroatoms. The largest absolute Gasteiger partial charge is 0.334 e. The van der Waals surface area contributed by atoms with Gasteiger partial charge >= 0.3 is 0 Å². The lowest BCUT2D eigenvalue weighted by molar-refractivity contribution is 0.0781. The lowest BCUT2D eigenvalue weighted by Crippen LogP contribution is -2.27. The second kappa shape index (κ2) is 6.31. The Morgan fingerprint density at radius 1 is 1.43 bits per heavy atom. The number of aryl methyl sites for hydroxylation is 2. The van der Waals surface area contributed by atoms with Crippen LogP contribution in [0.3, 0.4) is 0 Å². The molecule has 0 aliphatic rings. The number of carbonyl (C=O) groups is 1. The van der Waals surface area contributed by atoms with E-state index in [2.05, 4.69) is 25.6 Å². The lowest BCUT2D eigenvalue weighted by atomic mass is 10.1. The number of carbonyl (C=O) groups excluding carboxylic acids is 1. The van der Waals surface area contributed by atoms with Gasteiger partial charge in [-0.25, -0.2) is 15.8 Å². The average molecular weight is 289 g/mol. The smallest absolute Gasteiger partial charge is 0.254 e. The van der Waals surface area contributed by atoms with Crippen molar-refractivity contribution in [1.82, 2.24) is 25.1 Å².